The van der Waals surface area contributed by atoms with Gasteiger partial charge >= 0.3 is 12.2 Å². The standard InChI is InChI=1S/C52H104N2O4/c1-3-5-7-9-11-13-15-17-19-21-23-25-27-29-31-33-35-37-39-42-46-52(58-51(54)56,48-44-41-45-49-57-50(53)55)47-43-40-38-36-34-32-30-28-26-24-22-20-18-16-14-12-10-8-6-4-2/h3-49H2,1-2H3,(H2,53,55)(H2,54,56). The van der Waals surface area contributed by atoms with Gasteiger partial charge in [0, 0.05) is 0 Å². The van der Waals surface area contributed by atoms with E-state index in [1.165, 1.54) is 244 Å². The molecular formula is C52H104N2O4. The Morgan fingerprint density at radius 1 is 0.310 bits per heavy atom. The van der Waals surface area contributed by atoms with E-state index in [0.717, 1.165) is 51.4 Å². The van der Waals surface area contributed by atoms with Crippen LogP contribution in [0.2, 0.25) is 0 Å². The van der Waals surface area contributed by atoms with Crippen LogP contribution in [0.1, 0.15) is 309 Å². The number of amides is 2. The Morgan fingerprint density at radius 3 is 0.724 bits per heavy atom. The van der Waals surface area contributed by atoms with Crippen molar-refractivity contribution in [2.24, 2.45) is 11.5 Å². The molecule has 346 valence electrons. The van der Waals surface area contributed by atoms with Crippen molar-refractivity contribution in [2.45, 2.75) is 315 Å². The molecule has 0 rings (SSSR count). The van der Waals surface area contributed by atoms with Gasteiger partial charge < -0.3 is 20.9 Å². The minimum absolute atomic E-state index is 0.345. The quantitative estimate of drug-likeness (QED) is 0.0596. The number of unbranched alkanes of at least 4 members (excludes halogenated alkanes) is 40. The van der Waals surface area contributed by atoms with Crippen LogP contribution in [-0.4, -0.2) is 24.4 Å². The van der Waals surface area contributed by atoms with Gasteiger partial charge in [-0.05, 0) is 51.4 Å². The van der Waals surface area contributed by atoms with Crippen LogP contribution in [0, 0.1) is 0 Å². The van der Waals surface area contributed by atoms with Gasteiger partial charge in [0.1, 0.15) is 5.60 Å². The van der Waals surface area contributed by atoms with Gasteiger partial charge in [-0.1, -0.05) is 258 Å². The van der Waals surface area contributed by atoms with Crippen molar-refractivity contribution in [3.8, 4) is 0 Å². The molecule has 0 aromatic heterocycles. The average Bonchev–Trinajstić information content (AvgIpc) is 3.20. The van der Waals surface area contributed by atoms with Gasteiger partial charge in [0.15, 0.2) is 0 Å². The van der Waals surface area contributed by atoms with Crippen molar-refractivity contribution in [3.05, 3.63) is 0 Å². The zero-order valence-electron chi connectivity index (χ0n) is 39.5. The van der Waals surface area contributed by atoms with Gasteiger partial charge in [-0.25, -0.2) is 9.59 Å². The van der Waals surface area contributed by atoms with E-state index in [4.69, 9.17) is 20.9 Å². The minimum atomic E-state index is -0.717. The van der Waals surface area contributed by atoms with Gasteiger partial charge in [0.2, 0.25) is 0 Å². The summed E-state index contributed by atoms with van der Waals surface area (Å²) in [5.74, 6) is 0. The molecule has 2 amide bonds. The van der Waals surface area contributed by atoms with Crippen LogP contribution in [0.3, 0.4) is 0 Å². The molecule has 0 bridgehead atoms. The first-order valence-electron chi connectivity index (χ1n) is 26.4. The molecule has 4 N–H and O–H groups in total. The number of carbonyl (C=O) groups excluding carboxylic acids is 2. The van der Waals surface area contributed by atoms with Crippen molar-refractivity contribution in [1.82, 2.24) is 0 Å². The summed E-state index contributed by atoms with van der Waals surface area (Å²) >= 11 is 0. The van der Waals surface area contributed by atoms with Crippen molar-refractivity contribution >= 4 is 12.2 Å². The monoisotopic (exact) mass is 821 g/mol. The summed E-state index contributed by atoms with van der Waals surface area (Å²) in [7, 11) is 0. The Hall–Kier alpha value is -1.46. The van der Waals surface area contributed by atoms with Gasteiger partial charge in [-0.3, -0.25) is 0 Å². The highest BCUT2D eigenvalue weighted by Gasteiger charge is 2.32. The number of hydrogen-bond acceptors (Lipinski definition) is 4. The molecule has 0 radical (unpaired) electrons. The number of primary amides is 2. The Morgan fingerprint density at radius 2 is 0.517 bits per heavy atom. The van der Waals surface area contributed by atoms with E-state index in [1.54, 1.807) is 0 Å². The number of ether oxygens (including phenoxy) is 2. The fourth-order valence-electron chi connectivity index (χ4n) is 9.04. The van der Waals surface area contributed by atoms with E-state index in [1.807, 2.05) is 0 Å². The number of rotatable bonds is 49. The Balaban J connectivity index is 4.16. The van der Waals surface area contributed by atoms with Gasteiger partial charge in [-0.2, -0.15) is 0 Å². The lowest BCUT2D eigenvalue weighted by Crippen LogP contribution is -2.37. The molecule has 0 aliphatic heterocycles. The largest absolute Gasteiger partial charge is 0.450 e. The highest BCUT2D eigenvalue weighted by molar-refractivity contribution is 5.65. The maximum Gasteiger partial charge on any atom is 0.405 e. The van der Waals surface area contributed by atoms with E-state index in [0.29, 0.717) is 6.61 Å². The topological polar surface area (TPSA) is 105 Å². The lowest BCUT2D eigenvalue weighted by molar-refractivity contribution is -0.00989. The smallest absolute Gasteiger partial charge is 0.405 e. The molecule has 0 atom stereocenters. The normalized spacial score (nSPS) is 11.7. The summed E-state index contributed by atoms with van der Waals surface area (Å²) in [5, 5.41) is 0. The van der Waals surface area contributed by atoms with E-state index in [9.17, 15) is 9.59 Å². The molecule has 0 aromatic carbocycles. The number of carbonyl (C=O) groups is 2. The third-order valence-electron chi connectivity index (χ3n) is 12.8. The second-order valence-electron chi connectivity index (χ2n) is 18.5. The van der Waals surface area contributed by atoms with Gasteiger partial charge in [0.25, 0.3) is 0 Å². The second kappa shape index (κ2) is 46.6. The molecule has 0 aromatic rings. The number of hydrogen-bond donors (Lipinski definition) is 2. The molecule has 58 heavy (non-hydrogen) atoms. The van der Waals surface area contributed by atoms with Crippen LogP contribution in [0.15, 0.2) is 0 Å². The summed E-state index contributed by atoms with van der Waals surface area (Å²) in [6.45, 7) is 4.93. The van der Waals surface area contributed by atoms with Crippen LogP contribution < -0.4 is 11.5 Å². The maximum atomic E-state index is 12.2. The Labute approximate surface area is 363 Å². The Kier molecular flexibility index (Phi) is 45.4. The summed E-state index contributed by atoms with van der Waals surface area (Å²) in [6, 6.07) is 0. The second-order valence-corrected chi connectivity index (χ2v) is 18.5. The molecule has 6 heteroatoms. The molecule has 0 aliphatic rings. The van der Waals surface area contributed by atoms with Crippen LogP contribution in [0.4, 0.5) is 9.59 Å². The molecule has 0 saturated heterocycles. The molecule has 0 spiro atoms. The van der Waals surface area contributed by atoms with Crippen molar-refractivity contribution < 1.29 is 19.1 Å². The predicted octanol–water partition coefficient (Wildman–Crippen LogP) is 17.9. The average molecular weight is 821 g/mol. The molecule has 0 saturated carbocycles. The lowest BCUT2D eigenvalue weighted by atomic mass is 9.84. The fourth-order valence-corrected chi connectivity index (χ4v) is 9.04. The highest BCUT2D eigenvalue weighted by atomic mass is 16.6. The first-order chi connectivity index (χ1) is 28.5. The van der Waals surface area contributed by atoms with E-state index < -0.39 is 17.8 Å². The third-order valence-corrected chi connectivity index (χ3v) is 12.8. The molecule has 0 heterocycles. The van der Waals surface area contributed by atoms with E-state index in [-0.39, 0.29) is 0 Å². The zero-order valence-corrected chi connectivity index (χ0v) is 39.5. The summed E-state index contributed by atoms with van der Waals surface area (Å²) < 4.78 is 10.9. The van der Waals surface area contributed by atoms with Crippen molar-refractivity contribution in [1.29, 1.82) is 0 Å². The number of nitrogens with two attached hydrogens (primary N) is 2. The highest BCUT2D eigenvalue weighted by Crippen LogP contribution is 2.33. The minimum Gasteiger partial charge on any atom is -0.450 e. The van der Waals surface area contributed by atoms with Crippen LogP contribution in [0.25, 0.3) is 0 Å². The van der Waals surface area contributed by atoms with Crippen LogP contribution in [0.5, 0.6) is 0 Å². The first kappa shape index (κ1) is 56.5. The van der Waals surface area contributed by atoms with Crippen LogP contribution in [-0.2, 0) is 9.47 Å². The third kappa shape index (κ3) is 44.1. The summed E-state index contributed by atoms with van der Waals surface area (Å²) in [6.07, 6.45) is 58.8. The predicted molar refractivity (Wildman–Crippen MR) is 253 cm³/mol. The zero-order chi connectivity index (χ0) is 42.3. The molecule has 0 fully saturated rings. The van der Waals surface area contributed by atoms with E-state index in [2.05, 4.69) is 13.8 Å². The molecule has 6 nitrogen and oxygen atoms in total. The van der Waals surface area contributed by atoms with Gasteiger partial charge in [-0.15, -0.1) is 0 Å². The van der Waals surface area contributed by atoms with Crippen molar-refractivity contribution in [3.63, 3.8) is 0 Å². The molecular weight excluding hydrogens is 717 g/mol. The summed E-state index contributed by atoms with van der Waals surface area (Å²) in [4.78, 5) is 23.1. The molecule has 0 aliphatic carbocycles. The van der Waals surface area contributed by atoms with Crippen LogP contribution >= 0.6 is 0 Å². The summed E-state index contributed by atoms with van der Waals surface area (Å²) in [5.41, 5.74) is 10.3. The van der Waals surface area contributed by atoms with Crippen molar-refractivity contribution in [2.75, 3.05) is 6.61 Å². The van der Waals surface area contributed by atoms with Gasteiger partial charge in [0.05, 0.1) is 6.61 Å². The molecule has 0 unspecified atom stereocenters. The Bertz CT molecular complexity index is 792. The lowest BCUT2D eigenvalue weighted by Gasteiger charge is -2.33. The SMILES string of the molecule is CCCCCCCCCCCCCCCCCCCCCCC(CCCCCCCCCCCCCCCCCCCCCC)(CCCCCOC(N)=O)OC(N)=O. The maximum absolute atomic E-state index is 12.2. The first-order valence-corrected chi connectivity index (χ1v) is 26.4. The fraction of sp³-hybridized carbons (Fsp3) is 0.962. The van der Waals surface area contributed by atoms with E-state index >= 15 is 0 Å².